The zero-order valence-electron chi connectivity index (χ0n) is 13.3. The smallest absolute Gasteiger partial charge is 0.242 e. The van der Waals surface area contributed by atoms with Gasteiger partial charge in [-0.3, -0.25) is 9.59 Å². The molecule has 2 rings (SSSR count). The number of carbonyl (C=O) groups excluding carboxylic acids is 2. The van der Waals surface area contributed by atoms with Gasteiger partial charge >= 0.3 is 0 Å². The van der Waals surface area contributed by atoms with Crippen LogP contribution in [0, 0.1) is 5.92 Å². The molecule has 2 amide bonds. The Hall–Kier alpha value is -1.10. The van der Waals surface area contributed by atoms with E-state index in [1.165, 1.54) is 19.3 Å². The van der Waals surface area contributed by atoms with E-state index in [2.05, 4.69) is 5.32 Å². The normalized spacial score (nSPS) is 21.5. The van der Waals surface area contributed by atoms with Crippen molar-refractivity contribution < 1.29 is 9.59 Å². The molecule has 5 nitrogen and oxygen atoms in total. The molecule has 2 fully saturated rings. The highest BCUT2D eigenvalue weighted by molar-refractivity contribution is 5.85. The maximum Gasteiger partial charge on any atom is 0.242 e. The fraction of sp³-hybridized carbons (Fsp3) is 0.875. The highest BCUT2D eigenvalue weighted by atomic mass is 16.2. The lowest BCUT2D eigenvalue weighted by atomic mass is 9.90. The molecule has 2 aliphatic rings. The van der Waals surface area contributed by atoms with Gasteiger partial charge in [-0.2, -0.15) is 0 Å². The quantitative estimate of drug-likeness (QED) is 0.852. The zero-order valence-corrected chi connectivity index (χ0v) is 13.3. The Labute approximate surface area is 128 Å². The molecule has 1 heterocycles. The molecule has 0 spiro atoms. The third-order valence-electron chi connectivity index (χ3n) is 4.67. The van der Waals surface area contributed by atoms with Crippen molar-refractivity contribution in [3.63, 3.8) is 0 Å². The van der Waals surface area contributed by atoms with Crippen LogP contribution < -0.4 is 5.32 Å². The Morgan fingerprint density at radius 3 is 2.24 bits per heavy atom. The van der Waals surface area contributed by atoms with E-state index in [9.17, 15) is 9.59 Å². The monoisotopic (exact) mass is 295 g/mol. The number of nitrogens with one attached hydrogen (secondary N) is 1. The number of rotatable bonds is 3. The number of hydrogen-bond donors (Lipinski definition) is 1. The zero-order chi connectivity index (χ0) is 15.1. The number of likely N-dealkylation sites (N-methyl/N-ethyl adjacent to an activating group) is 1. The van der Waals surface area contributed by atoms with E-state index >= 15 is 0 Å². The molecule has 1 saturated heterocycles. The summed E-state index contributed by atoms with van der Waals surface area (Å²) in [5, 5.41) is 3.24. The fourth-order valence-electron chi connectivity index (χ4n) is 3.31. The predicted octanol–water partition coefficient (Wildman–Crippen LogP) is 1.24. The second-order valence-corrected chi connectivity index (χ2v) is 6.37. The second-order valence-electron chi connectivity index (χ2n) is 6.37. The van der Waals surface area contributed by atoms with Crippen molar-refractivity contribution in [1.82, 2.24) is 15.1 Å². The summed E-state index contributed by atoms with van der Waals surface area (Å²) in [4.78, 5) is 28.3. The summed E-state index contributed by atoms with van der Waals surface area (Å²) in [7, 11) is 1.78. The Bertz CT molecular complexity index is 345. The molecule has 1 aliphatic heterocycles. The van der Waals surface area contributed by atoms with Crippen LogP contribution in [0.2, 0.25) is 0 Å². The number of hydrogen-bond acceptors (Lipinski definition) is 3. The number of piperazine rings is 1. The van der Waals surface area contributed by atoms with Gasteiger partial charge in [0, 0.05) is 39.1 Å². The average molecular weight is 295 g/mol. The van der Waals surface area contributed by atoms with E-state index < -0.39 is 0 Å². The van der Waals surface area contributed by atoms with Crippen LogP contribution in [0.1, 0.15) is 44.9 Å². The largest absolute Gasteiger partial charge is 0.339 e. The van der Waals surface area contributed by atoms with Crippen LogP contribution in [0.4, 0.5) is 0 Å². The molecule has 0 aromatic carbocycles. The van der Waals surface area contributed by atoms with Crippen LogP contribution in [0.25, 0.3) is 0 Å². The van der Waals surface area contributed by atoms with Crippen molar-refractivity contribution in [2.75, 3.05) is 39.8 Å². The molecule has 1 saturated carbocycles. The summed E-state index contributed by atoms with van der Waals surface area (Å²) in [5.41, 5.74) is 0. The van der Waals surface area contributed by atoms with Gasteiger partial charge in [0.25, 0.3) is 0 Å². The molecular formula is C16H29N3O2. The number of nitrogens with zero attached hydrogens (tertiary/aromatic N) is 2. The molecule has 0 atom stereocenters. The summed E-state index contributed by atoms with van der Waals surface area (Å²) in [6, 6.07) is 0. The lowest BCUT2D eigenvalue weighted by molar-refractivity contribution is -0.142. The Morgan fingerprint density at radius 1 is 1.05 bits per heavy atom. The summed E-state index contributed by atoms with van der Waals surface area (Å²) in [5.74, 6) is 0.379. The molecular weight excluding hydrogens is 266 g/mol. The van der Waals surface area contributed by atoms with E-state index in [-0.39, 0.29) is 24.3 Å². The first-order valence-electron chi connectivity index (χ1n) is 8.42. The van der Waals surface area contributed by atoms with Gasteiger partial charge in [0.2, 0.25) is 11.8 Å². The van der Waals surface area contributed by atoms with Crippen molar-refractivity contribution in [2.24, 2.45) is 5.92 Å². The average Bonchev–Trinajstić information content (AvgIpc) is 2.47. The predicted molar refractivity (Wildman–Crippen MR) is 82.9 cm³/mol. The topological polar surface area (TPSA) is 52.7 Å². The van der Waals surface area contributed by atoms with Gasteiger partial charge in [-0.15, -0.1) is 0 Å². The molecule has 1 aliphatic carbocycles. The van der Waals surface area contributed by atoms with Crippen molar-refractivity contribution in [1.29, 1.82) is 0 Å². The van der Waals surface area contributed by atoms with Crippen LogP contribution >= 0.6 is 0 Å². The molecule has 0 bridgehead atoms. The van der Waals surface area contributed by atoms with Crippen molar-refractivity contribution in [3.05, 3.63) is 0 Å². The van der Waals surface area contributed by atoms with Gasteiger partial charge in [-0.1, -0.05) is 32.1 Å². The number of carbonyl (C=O) groups is 2. The van der Waals surface area contributed by atoms with Crippen molar-refractivity contribution >= 4 is 11.8 Å². The van der Waals surface area contributed by atoms with E-state index in [1.807, 2.05) is 4.90 Å². The van der Waals surface area contributed by atoms with Crippen LogP contribution in [0.3, 0.4) is 0 Å². The summed E-state index contributed by atoms with van der Waals surface area (Å²) < 4.78 is 0. The molecule has 1 N–H and O–H groups in total. The van der Waals surface area contributed by atoms with Gasteiger partial charge < -0.3 is 15.1 Å². The first kappa shape index (κ1) is 16.3. The highest BCUT2D eigenvalue weighted by Gasteiger charge is 2.25. The van der Waals surface area contributed by atoms with Gasteiger partial charge in [-0.05, 0) is 12.8 Å². The van der Waals surface area contributed by atoms with E-state index in [4.69, 9.17) is 0 Å². The van der Waals surface area contributed by atoms with Crippen molar-refractivity contribution in [2.45, 2.75) is 44.9 Å². The summed E-state index contributed by atoms with van der Waals surface area (Å²) in [6.07, 6.45) is 8.07. The third kappa shape index (κ3) is 4.99. The van der Waals surface area contributed by atoms with E-state index in [0.29, 0.717) is 0 Å². The fourth-order valence-corrected chi connectivity index (χ4v) is 3.31. The maximum atomic E-state index is 12.5. The molecule has 5 heteroatoms. The molecule has 0 aromatic rings. The lowest BCUT2D eigenvalue weighted by Gasteiger charge is -2.30. The molecule has 0 aromatic heterocycles. The first-order chi connectivity index (χ1) is 10.2. The van der Waals surface area contributed by atoms with Gasteiger partial charge in [0.15, 0.2) is 0 Å². The third-order valence-corrected chi connectivity index (χ3v) is 4.67. The molecule has 0 unspecified atom stereocenters. The van der Waals surface area contributed by atoms with E-state index in [0.717, 1.165) is 51.9 Å². The minimum atomic E-state index is 0.0817. The maximum absolute atomic E-state index is 12.5. The minimum absolute atomic E-state index is 0.0817. The Balaban J connectivity index is 1.81. The van der Waals surface area contributed by atoms with Crippen LogP contribution in [0.5, 0.6) is 0 Å². The van der Waals surface area contributed by atoms with E-state index in [1.54, 1.807) is 11.9 Å². The van der Waals surface area contributed by atoms with Crippen molar-refractivity contribution in [3.8, 4) is 0 Å². The lowest BCUT2D eigenvalue weighted by Crippen LogP contribution is -2.50. The Kier molecular flexibility index (Phi) is 6.49. The second kappa shape index (κ2) is 8.37. The minimum Gasteiger partial charge on any atom is -0.339 e. The van der Waals surface area contributed by atoms with Crippen LogP contribution in [-0.2, 0) is 9.59 Å². The molecule has 0 radical (unpaired) electrons. The van der Waals surface area contributed by atoms with Crippen LogP contribution in [-0.4, -0.2) is 61.4 Å². The van der Waals surface area contributed by atoms with Crippen LogP contribution in [0.15, 0.2) is 0 Å². The summed E-state index contributed by atoms with van der Waals surface area (Å²) >= 11 is 0. The first-order valence-corrected chi connectivity index (χ1v) is 8.42. The summed E-state index contributed by atoms with van der Waals surface area (Å²) in [6.45, 7) is 3.45. The number of amides is 2. The molecule has 120 valence electrons. The highest BCUT2D eigenvalue weighted by Crippen LogP contribution is 2.23. The Morgan fingerprint density at radius 2 is 1.62 bits per heavy atom. The van der Waals surface area contributed by atoms with Gasteiger partial charge in [0.05, 0.1) is 6.54 Å². The van der Waals surface area contributed by atoms with Gasteiger partial charge in [0.1, 0.15) is 0 Å². The molecule has 21 heavy (non-hydrogen) atoms. The standard InChI is InChI=1S/C16H29N3O2/c1-18(13-15(20)19-11-9-17-10-12-19)16(21)14-7-5-3-2-4-6-8-14/h14,17H,2-13H2,1H3. The van der Waals surface area contributed by atoms with Gasteiger partial charge in [-0.25, -0.2) is 0 Å². The SMILES string of the molecule is CN(CC(=O)N1CCNCC1)C(=O)C1CCCCCCC1.